The van der Waals surface area contributed by atoms with E-state index in [0.29, 0.717) is 5.69 Å². The number of aromatic amines is 1. The summed E-state index contributed by atoms with van der Waals surface area (Å²) in [5.41, 5.74) is 5.06. The van der Waals surface area contributed by atoms with Crippen LogP contribution in [-0.4, -0.2) is 45.1 Å². The molecule has 0 aromatic carbocycles. The fraction of sp³-hybridized carbons (Fsp3) is 0.400. The van der Waals surface area contributed by atoms with Gasteiger partial charge in [0.15, 0.2) is 11.5 Å². The van der Waals surface area contributed by atoms with E-state index in [1.54, 1.807) is 4.90 Å². The number of rotatable bonds is 3. The monoisotopic (exact) mass is 461 g/mol. The molecule has 3 rings (SSSR count). The van der Waals surface area contributed by atoms with Crippen molar-refractivity contribution in [1.82, 2.24) is 19.9 Å². The van der Waals surface area contributed by atoms with E-state index in [0.717, 1.165) is 0 Å². The number of halogens is 4. The van der Waals surface area contributed by atoms with Gasteiger partial charge >= 0.3 is 11.9 Å². The Morgan fingerprint density at radius 1 is 1.29 bits per heavy atom. The summed E-state index contributed by atoms with van der Waals surface area (Å²) < 4.78 is 38.9. The summed E-state index contributed by atoms with van der Waals surface area (Å²) in [5, 5.41) is 2.47. The topological polar surface area (TPSA) is 130 Å². The van der Waals surface area contributed by atoms with Crippen molar-refractivity contribution in [2.45, 2.75) is 19.0 Å². The van der Waals surface area contributed by atoms with Gasteiger partial charge in [-0.05, 0) is 28.8 Å². The first-order valence-electron chi connectivity index (χ1n) is 8.15. The smallest absolute Gasteiger partial charge is 0.382 e. The molecule has 0 aliphatic carbocycles. The molecule has 3 heterocycles. The predicted molar refractivity (Wildman–Crippen MR) is 97.9 cm³/mol. The number of H-pyrrole nitrogens is 1. The van der Waals surface area contributed by atoms with Gasteiger partial charge in [0, 0.05) is 13.1 Å². The third kappa shape index (κ3) is 4.40. The summed E-state index contributed by atoms with van der Waals surface area (Å²) in [6, 6.07) is 0. The molecular formula is C15H15BrF3N7O2. The standard InChI is InChI=1S/C15H15BrF3N7O2/c16-9-6-21-11(20)10(23-9)13(27)24-12-8(5-22-14(28)25-12)26-3-1-7(2-4-26)15(17,18)19/h5-7H,1-4H2,(H2,20,21)(H2,22,24,25,27,28). The number of carbonyl (C=O) groups excluding carboxylic acids is 1. The highest BCUT2D eigenvalue weighted by Crippen LogP contribution is 2.36. The lowest BCUT2D eigenvalue weighted by atomic mass is 9.96. The molecule has 1 amide bonds. The van der Waals surface area contributed by atoms with Gasteiger partial charge in [0.1, 0.15) is 10.4 Å². The fourth-order valence-corrected chi connectivity index (χ4v) is 3.17. The SMILES string of the molecule is Nc1ncc(Br)nc1C(=O)Nc1[nH]c(=O)ncc1N1CCC(C(F)(F)F)CC1. The molecule has 2 aromatic rings. The van der Waals surface area contributed by atoms with Gasteiger partial charge in [-0.2, -0.15) is 18.2 Å². The molecule has 1 aliphatic rings. The van der Waals surface area contributed by atoms with Crippen molar-refractivity contribution in [3.8, 4) is 0 Å². The quantitative estimate of drug-likeness (QED) is 0.636. The molecule has 9 nitrogen and oxygen atoms in total. The zero-order valence-electron chi connectivity index (χ0n) is 14.3. The van der Waals surface area contributed by atoms with Crippen molar-refractivity contribution in [1.29, 1.82) is 0 Å². The van der Waals surface area contributed by atoms with Crippen LogP contribution in [0.3, 0.4) is 0 Å². The van der Waals surface area contributed by atoms with E-state index in [-0.39, 0.29) is 47.9 Å². The Kier molecular flexibility index (Phi) is 5.54. The predicted octanol–water partition coefficient (Wildman–Crippen LogP) is 1.94. The normalized spacial score (nSPS) is 15.5. The number of carbonyl (C=O) groups is 1. The third-order valence-corrected chi connectivity index (χ3v) is 4.70. The number of nitrogens with one attached hydrogen (secondary N) is 2. The number of anilines is 3. The van der Waals surface area contributed by atoms with Gasteiger partial charge in [-0.3, -0.25) is 9.78 Å². The lowest BCUT2D eigenvalue weighted by Gasteiger charge is -2.34. The molecule has 0 atom stereocenters. The number of nitrogen functional groups attached to an aromatic ring is 1. The summed E-state index contributed by atoms with van der Waals surface area (Å²) in [6.07, 6.45) is -1.92. The molecule has 0 saturated carbocycles. The Hall–Kier alpha value is -2.70. The van der Waals surface area contributed by atoms with Gasteiger partial charge in [0.05, 0.1) is 24.0 Å². The minimum atomic E-state index is -4.25. The number of aromatic nitrogens is 4. The minimum Gasteiger partial charge on any atom is -0.382 e. The molecule has 1 fully saturated rings. The van der Waals surface area contributed by atoms with Crippen LogP contribution in [-0.2, 0) is 0 Å². The Morgan fingerprint density at radius 3 is 2.61 bits per heavy atom. The van der Waals surface area contributed by atoms with Gasteiger partial charge in [0.2, 0.25) is 0 Å². The highest BCUT2D eigenvalue weighted by Gasteiger charge is 2.41. The lowest BCUT2D eigenvalue weighted by molar-refractivity contribution is -0.179. The van der Waals surface area contributed by atoms with Gasteiger partial charge < -0.3 is 16.0 Å². The highest BCUT2D eigenvalue weighted by atomic mass is 79.9. The van der Waals surface area contributed by atoms with Crippen LogP contribution < -0.4 is 21.6 Å². The molecule has 28 heavy (non-hydrogen) atoms. The Balaban J connectivity index is 1.83. The van der Waals surface area contributed by atoms with Gasteiger partial charge in [-0.25, -0.2) is 14.8 Å². The van der Waals surface area contributed by atoms with Gasteiger partial charge in [0.25, 0.3) is 5.91 Å². The van der Waals surface area contributed by atoms with Crippen molar-refractivity contribution >= 4 is 39.2 Å². The molecule has 150 valence electrons. The number of nitrogens with two attached hydrogens (primary N) is 1. The lowest BCUT2D eigenvalue weighted by Crippen LogP contribution is -2.40. The average Bonchev–Trinajstić information content (AvgIpc) is 2.63. The summed E-state index contributed by atoms with van der Waals surface area (Å²) in [4.78, 5) is 39.5. The highest BCUT2D eigenvalue weighted by molar-refractivity contribution is 9.10. The van der Waals surface area contributed by atoms with Crippen LogP contribution in [0.5, 0.6) is 0 Å². The maximum atomic E-state index is 12.9. The van der Waals surface area contributed by atoms with Crippen LogP contribution in [0.1, 0.15) is 23.3 Å². The number of piperidine rings is 1. The van der Waals surface area contributed by atoms with E-state index in [1.165, 1.54) is 12.4 Å². The van der Waals surface area contributed by atoms with Crippen LogP contribution in [0, 0.1) is 5.92 Å². The molecule has 13 heteroatoms. The van der Waals surface area contributed by atoms with Crippen molar-refractivity contribution in [3.63, 3.8) is 0 Å². The van der Waals surface area contributed by atoms with Crippen molar-refractivity contribution < 1.29 is 18.0 Å². The van der Waals surface area contributed by atoms with E-state index in [4.69, 9.17) is 5.73 Å². The van der Waals surface area contributed by atoms with E-state index in [2.05, 4.69) is 41.2 Å². The summed E-state index contributed by atoms with van der Waals surface area (Å²) in [6.45, 7) is 0.194. The number of nitrogens with zero attached hydrogens (tertiary/aromatic N) is 4. The van der Waals surface area contributed by atoms with E-state index in [1.807, 2.05) is 0 Å². The van der Waals surface area contributed by atoms with Crippen LogP contribution >= 0.6 is 15.9 Å². The fourth-order valence-electron chi connectivity index (χ4n) is 2.89. The van der Waals surface area contributed by atoms with E-state index >= 15 is 0 Å². The molecule has 2 aromatic heterocycles. The molecular weight excluding hydrogens is 447 g/mol. The molecule has 1 aliphatic heterocycles. The number of alkyl halides is 3. The van der Waals surface area contributed by atoms with Crippen LogP contribution in [0.15, 0.2) is 21.8 Å². The first-order valence-corrected chi connectivity index (χ1v) is 8.95. The van der Waals surface area contributed by atoms with Crippen molar-refractivity contribution in [2.24, 2.45) is 5.92 Å². The molecule has 1 saturated heterocycles. The van der Waals surface area contributed by atoms with E-state index < -0.39 is 23.7 Å². The molecule has 0 bridgehead atoms. The molecule has 0 spiro atoms. The maximum Gasteiger partial charge on any atom is 0.391 e. The summed E-state index contributed by atoms with van der Waals surface area (Å²) >= 11 is 3.08. The minimum absolute atomic E-state index is 0.00312. The second-order valence-corrected chi connectivity index (χ2v) is 6.94. The van der Waals surface area contributed by atoms with Crippen LogP contribution in [0.25, 0.3) is 0 Å². The van der Waals surface area contributed by atoms with Crippen molar-refractivity contribution in [3.05, 3.63) is 33.2 Å². The average molecular weight is 462 g/mol. The second-order valence-electron chi connectivity index (χ2n) is 6.13. The van der Waals surface area contributed by atoms with Gasteiger partial charge in [-0.1, -0.05) is 0 Å². The summed E-state index contributed by atoms with van der Waals surface area (Å²) in [5.74, 6) is -2.24. The van der Waals surface area contributed by atoms with E-state index in [9.17, 15) is 22.8 Å². The number of hydrogen-bond acceptors (Lipinski definition) is 7. The maximum absolute atomic E-state index is 12.9. The number of hydrogen-bond donors (Lipinski definition) is 3. The molecule has 0 unspecified atom stereocenters. The number of amides is 1. The molecule has 0 radical (unpaired) electrons. The molecule has 4 N–H and O–H groups in total. The zero-order chi connectivity index (χ0) is 20.5. The third-order valence-electron chi connectivity index (χ3n) is 4.32. The summed E-state index contributed by atoms with van der Waals surface area (Å²) in [7, 11) is 0. The Bertz CT molecular complexity index is 942. The van der Waals surface area contributed by atoms with Crippen LogP contribution in [0.2, 0.25) is 0 Å². The Labute approximate surface area is 164 Å². The van der Waals surface area contributed by atoms with Crippen LogP contribution in [0.4, 0.5) is 30.5 Å². The largest absolute Gasteiger partial charge is 0.391 e. The van der Waals surface area contributed by atoms with Gasteiger partial charge in [-0.15, -0.1) is 0 Å². The first kappa shape index (κ1) is 20.0. The first-order chi connectivity index (χ1) is 13.1. The Morgan fingerprint density at radius 2 is 1.96 bits per heavy atom. The van der Waals surface area contributed by atoms with Crippen molar-refractivity contribution in [2.75, 3.05) is 29.0 Å². The second kappa shape index (κ2) is 7.73. The zero-order valence-corrected chi connectivity index (χ0v) is 15.8.